The molecule has 0 aromatic heterocycles. The number of carbonyl (C=O) groups is 1. The maximum Gasteiger partial charge on any atom is 0.369 e. The summed E-state index contributed by atoms with van der Waals surface area (Å²) in [6.45, 7) is 1.09. The second kappa shape index (κ2) is 5.91. The predicted octanol–water partition coefficient (Wildman–Crippen LogP) is 0.925. The molecule has 0 saturated carbocycles. The number of rotatable bonds is 5. The number of benzene rings is 1. The summed E-state index contributed by atoms with van der Waals surface area (Å²) in [6.07, 6.45) is 0. The predicted molar refractivity (Wildman–Crippen MR) is 66.9 cm³/mol. The van der Waals surface area contributed by atoms with E-state index >= 15 is 0 Å². The fraction of sp³-hybridized carbons (Fsp3) is 0.364. The van der Waals surface area contributed by atoms with Gasteiger partial charge in [0, 0.05) is 14.2 Å². The SMILES string of the molecule is CO[Si](C)(OC)C(N)(C(N)=O)c1c(F)c(F)c(F)c(F)c1F. The molecule has 0 aliphatic carbocycles. The van der Waals surface area contributed by atoms with Gasteiger partial charge in [0.05, 0.1) is 5.56 Å². The van der Waals surface area contributed by atoms with Crippen molar-refractivity contribution in [3.8, 4) is 0 Å². The molecule has 0 bridgehead atoms. The third kappa shape index (κ3) is 2.29. The van der Waals surface area contributed by atoms with E-state index in [4.69, 9.17) is 20.3 Å². The van der Waals surface area contributed by atoms with Gasteiger partial charge in [0.1, 0.15) is 0 Å². The Bertz CT molecular complexity index is 597. The van der Waals surface area contributed by atoms with Gasteiger partial charge in [-0.3, -0.25) is 4.79 Å². The van der Waals surface area contributed by atoms with Crippen LogP contribution < -0.4 is 11.5 Å². The first-order valence-electron chi connectivity index (χ1n) is 5.70. The number of carbonyl (C=O) groups excluding carboxylic acids is 1. The van der Waals surface area contributed by atoms with Crippen LogP contribution in [0.3, 0.4) is 0 Å². The molecule has 0 saturated heterocycles. The minimum absolute atomic E-state index is 1.01. The Labute approximate surface area is 123 Å². The standard InChI is InChI=1S/C11H13F5N2O3Si/c1-20-22(3,21-2)11(18,10(17)19)4-5(12)7(14)9(16)8(15)6(4)13/h18H2,1-3H3,(H2,17,19). The maximum absolute atomic E-state index is 14.0. The second-order valence-electron chi connectivity index (χ2n) is 4.47. The van der Waals surface area contributed by atoms with E-state index in [1.807, 2.05) is 0 Å². The van der Waals surface area contributed by atoms with Gasteiger partial charge < -0.3 is 20.3 Å². The van der Waals surface area contributed by atoms with Gasteiger partial charge >= 0.3 is 8.56 Å². The Morgan fingerprint density at radius 2 is 1.27 bits per heavy atom. The second-order valence-corrected chi connectivity index (χ2v) is 7.97. The van der Waals surface area contributed by atoms with Crippen molar-refractivity contribution in [2.75, 3.05) is 14.2 Å². The quantitative estimate of drug-likeness (QED) is 0.360. The Kier molecular flexibility index (Phi) is 4.97. The maximum atomic E-state index is 14.0. The van der Waals surface area contributed by atoms with Crippen molar-refractivity contribution in [3.05, 3.63) is 34.6 Å². The number of hydrogen-bond donors (Lipinski definition) is 2. The highest BCUT2D eigenvalue weighted by Gasteiger charge is 2.60. The highest BCUT2D eigenvalue weighted by atomic mass is 28.4. The molecule has 1 rings (SSSR count). The van der Waals surface area contributed by atoms with Gasteiger partial charge in [-0.2, -0.15) is 0 Å². The minimum Gasteiger partial charge on any atom is -0.396 e. The van der Waals surface area contributed by atoms with Crippen LogP contribution in [0, 0.1) is 29.1 Å². The smallest absolute Gasteiger partial charge is 0.369 e. The lowest BCUT2D eigenvalue weighted by atomic mass is 10.0. The van der Waals surface area contributed by atoms with Gasteiger partial charge in [-0.15, -0.1) is 0 Å². The lowest BCUT2D eigenvalue weighted by Crippen LogP contribution is -2.70. The van der Waals surface area contributed by atoms with Crippen molar-refractivity contribution < 1.29 is 35.6 Å². The molecule has 124 valence electrons. The van der Waals surface area contributed by atoms with E-state index in [9.17, 15) is 26.7 Å². The molecular formula is C11H13F5N2O3Si. The number of halogens is 5. The van der Waals surface area contributed by atoms with Crippen molar-refractivity contribution in [3.63, 3.8) is 0 Å². The molecular weight excluding hydrogens is 331 g/mol. The molecule has 0 radical (unpaired) electrons. The van der Waals surface area contributed by atoms with Gasteiger partial charge in [-0.1, -0.05) is 0 Å². The molecule has 11 heteroatoms. The number of hydrogen-bond acceptors (Lipinski definition) is 4. The Hall–Kier alpha value is -1.56. The Morgan fingerprint density at radius 1 is 0.955 bits per heavy atom. The average Bonchev–Trinajstić information content (AvgIpc) is 2.49. The molecule has 1 unspecified atom stereocenters. The first-order chi connectivity index (χ1) is 9.99. The summed E-state index contributed by atoms with van der Waals surface area (Å²) >= 11 is 0. The molecule has 0 heterocycles. The largest absolute Gasteiger partial charge is 0.396 e. The van der Waals surface area contributed by atoms with Crippen molar-refractivity contribution in [2.24, 2.45) is 11.5 Å². The van der Waals surface area contributed by atoms with Gasteiger partial charge in [0.15, 0.2) is 28.4 Å². The lowest BCUT2D eigenvalue weighted by molar-refractivity contribution is -0.122. The molecule has 0 spiro atoms. The summed E-state index contributed by atoms with van der Waals surface area (Å²) in [4.78, 5) is 11.7. The van der Waals surface area contributed by atoms with Crippen molar-refractivity contribution in [1.29, 1.82) is 0 Å². The summed E-state index contributed by atoms with van der Waals surface area (Å²) in [5, 5.41) is -2.86. The molecule has 1 amide bonds. The van der Waals surface area contributed by atoms with Gasteiger partial charge in [-0.05, 0) is 6.55 Å². The fourth-order valence-corrected chi connectivity index (χ4v) is 3.86. The van der Waals surface area contributed by atoms with Crippen LogP contribution in [0.2, 0.25) is 6.55 Å². The first kappa shape index (κ1) is 18.5. The van der Waals surface area contributed by atoms with E-state index in [0.717, 1.165) is 20.8 Å². The van der Waals surface area contributed by atoms with Crippen LogP contribution in [-0.2, 0) is 18.8 Å². The van der Waals surface area contributed by atoms with Crippen LogP contribution in [0.15, 0.2) is 0 Å². The summed E-state index contributed by atoms with van der Waals surface area (Å²) in [6, 6.07) is 0. The van der Waals surface area contributed by atoms with Crippen LogP contribution in [0.5, 0.6) is 0 Å². The molecule has 0 fully saturated rings. The lowest BCUT2D eigenvalue weighted by Gasteiger charge is -2.39. The molecule has 1 aromatic carbocycles. The van der Waals surface area contributed by atoms with Gasteiger partial charge in [0.25, 0.3) is 0 Å². The van der Waals surface area contributed by atoms with E-state index in [0.29, 0.717) is 0 Å². The highest BCUT2D eigenvalue weighted by Crippen LogP contribution is 2.36. The third-order valence-corrected chi connectivity index (χ3v) is 6.98. The molecule has 22 heavy (non-hydrogen) atoms. The fourth-order valence-electron chi connectivity index (χ4n) is 1.93. The summed E-state index contributed by atoms with van der Waals surface area (Å²) in [5.41, 5.74) is 9.12. The minimum atomic E-state index is -4.01. The number of nitrogens with two attached hydrogens (primary N) is 2. The normalized spacial score (nSPS) is 14.8. The van der Waals surface area contributed by atoms with Crippen LogP contribution >= 0.6 is 0 Å². The monoisotopic (exact) mass is 344 g/mol. The number of amides is 1. The highest BCUT2D eigenvalue weighted by molar-refractivity contribution is 6.73. The number of primary amides is 1. The van der Waals surface area contributed by atoms with Crippen LogP contribution in [0.4, 0.5) is 22.0 Å². The molecule has 5 nitrogen and oxygen atoms in total. The summed E-state index contributed by atoms with van der Waals surface area (Å²) in [5.74, 6) is -13.0. The summed E-state index contributed by atoms with van der Waals surface area (Å²) < 4.78 is 77.6. The topological polar surface area (TPSA) is 87.6 Å². The Balaban J connectivity index is 3.94. The Morgan fingerprint density at radius 3 is 1.55 bits per heavy atom. The van der Waals surface area contributed by atoms with Crippen molar-refractivity contribution in [1.82, 2.24) is 0 Å². The zero-order chi connectivity index (χ0) is 17.5. The van der Waals surface area contributed by atoms with Crippen molar-refractivity contribution in [2.45, 2.75) is 11.7 Å². The van der Waals surface area contributed by atoms with E-state index in [2.05, 4.69) is 0 Å². The molecule has 1 aromatic rings. The molecule has 0 aliphatic rings. The van der Waals surface area contributed by atoms with E-state index in [-0.39, 0.29) is 0 Å². The van der Waals surface area contributed by atoms with Gasteiger partial charge in [0.2, 0.25) is 11.7 Å². The van der Waals surface area contributed by atoms with E-state index in [1.54, 1.807) is 0 Å². The average molecular weight is 344 g/mol. The first-order valence-corrected chi connectivity index (χ1v) is 8.02. The van der Waals surface area contributed by atoms with Gasteiger partial charge in [-0.25, -0.2) is 22.0 Å². The van der Waals surface area contributed by atoms with E-state index in [1.165, 1.54) is 0 Å². The zero-order valence-electron chi connectivity index (χ0n) is 11.8. The molecule has 4 N–H and O–H groups in total. The van der Waals surface area contributed by atoms with Crippen LogP contribution in [0.1, 0.15) is 5.56 Å². The van der Waals surface area contributed by atoms with Crippen LogP contribution in [0.25, 0.3) is 0 Å². The summed E-state index contributed by atoms with van der Waals surface area (Å²) in [7, 11) is -2.00. The van der Waals surface area contributed by atoms with Crippen LogP contribution in [-0.4, -0.2) is 28.7 Å². The van der Waals surface area contributed by atoms with Crippen molar-refractivity contribution >= 4 is 14.5 Å². The zero-order valence-corrected chi connectivity index (χ0v) is 12.8. The van der Waals surface area contributed by atoms with E-state index < -0.39 is 54.3 Å². The molecule has 1 atom stereocenters. The third-order valence-electron chi connectivity index (χ3n) is 3.49. The molecule has 0 aliphatic heterocycles.